The van der Waals surface area contributed by atoms with Gasteiger partial charge < -0.3 is 15.2 Å². The second-order valence-corrected chi connectivity index (χ2v) is 3.97. The van der Waals surface area contributed by atoms with Crippen molar-refractivity contribution in [2.24, 2.45) is 0 Å². The van der Waals surface area contributed by atoms with Crippen LogP contribution in [0.15, 0.2) is 36.4 Å². The average molecular weight is 279 g/mol. The van der Waals surface area contributed by atoms with Crippen LogP contribution >= 0.6 is 0 Å². The zero-order chi connectivity index (χ0) is 14.7. The van der Waals surface area contributed by atoms with Gasteiger partial charge >= 0.3 is 0 Å². The quantitative estimate of drug-likeness (QED) is 0.849. The number of aromatic hydroxyl groups is 1. The Labute approximate surface area is 113 Å². The minimum atomic E-state index is -0.848. The molecule has 0 aliphatic carbocycles. The summed E-state index contributed by atoms with van der Waals surface area (Å²) >= 11 is 0. The van der Waals surface area contributed by atoms with Crippen molar-refractivity contribution >= 4 is 11.6 Å². The molecule has 2 N–H and O–H groups in total. The second kappa shape index (κ2) is 5.56. The van der Waals surface area contributed by atoms with E-state index in [-0.39, 0.29) is 17.0 Å². The molecule has 0 unspecified atom stereocenters. The molecule has 4 nitrogen and oxygen atoms in total. The maximum Gasteiger partial charge on any atom is 0.255 e. The van der Waals surface area contributed by atoms with Crippen molar-refractivity contribution in [1.82, 2.24) is 0 Å². The predicted octanol–water partition coefficient (Wildman–Crippen LogP) is 2.93. The summed E-state index contributed by atoms with van der Waals surface area (Å²) < 4.78 is 31.1. The highest BCUT2D eigenvalue weighted by Gasteiger charge is 2.11. The molecule has 0 aliphatic rings. The highest BCUT2D eigenvalue weighted by molar-refractivity contribution is 6.04. The first-order valence-corrected chi connectivity index (χ1v) is 5.64. The lowest BCUT2D eigenvalue weighted by molar-refractivity contribution is 0.102. The summed E-state index contributed by atoms with van der Waals surface area (Å²) in [4.78, 5) is 11.9. The molecule has 6 heteroatoms. The average Bonchev–Trinajstić information content (AvgIpc) is 2.43. The summed E-state index contributed by atoms with van der Waals surface area (Å²) in [5.41, 5.74) is 0.338. The number of methoxy groups -OCH3 is 1. The van der Waals surface area contributed by atoms with Gasteiger partial charge in [0.1, 0.15) is 0 Å². The number of amides is 1. The number of hydrogen-bond acceptors (Lipinski definition) is 3. The number of carbonyl (C=O) groups is 1. The number of hydrogen-bond donors (Lipinski definition) is 2. The van der Waals surface area contributed by atoms with E-state index in [1.165, 1.54) is 25.3 Å². The van der Waals surface area contributed by atoms with Crippen LogP contribution < -0.4 is 10.1 Å². The zero-order valence-corrected chi connectivity index (χ0v) is 10.5. The minimum absolute atomic E-state index is 0.0606. The van der Waals surface area contributed by atoms with Gasteiger partial charge in [-0.15, -0.1) is 0 Å². The van der Waals surface area contributed by atoms with Crippen molar-refractivity contribution in [3.63, 3.8) is 0 Å². The fraction of sp³-hybridized carbons (Fsp3) is 0.0714. The number of phenols is 1. The molecule has 2 aromatic carbocycles. The Bertz CT molecular complexity index is 659. The number of ether oxygens (including phenoxy) is 1. The molecule has 0 saturated carbocycles. The van der Waals surface area contributed by atoms with Crippen molar-refractivity contribution in [1.29, 1.82) is 0 Å². The molecule has 0 saturated heterocycles. The predicted molar refractivity (Wildman–Crippen MR) is 69.0 cm³/mol. The summed E-state index contributed by atoms with van der Waals surface area (Å²) in [5.74, 6) is -2.55. The van der Waals surface area contributed by atoms with Crippen molar-refractivity contribution < 1.29 is 23.4 Å². The van der Waals surface area contributed by atoms with Crippen molar-refractivity contribution in [2.45, 2.75) is 0 Å². The number of benzene rings is 2. The van der Waals surface area contributed by atoms with E-state index >= 15 is 0 Å². The van der Waals surface area contributed by atoms with Crippen LogP contribution in [-0.4, -0.2) is 18.1 Å². The van der Waals surface area contributed by atoms with Gasteiger partial charge in [0.2, 0.25) is 0 Å². The molecule has 104 valence electrons. The number of rotatable bonds is 3. The van der Waals surface area contributed by atoms with E-state index in [9.17, 15) is 13.6 Å². The molecule has 20 heavy (non-hydrogen) atoms. The van der Waals surface area contributed by atoms with E-state index in [0.717, 1.165) is 18.2 Å². The molecular formula is C14H11F2NO3. The van der Waals surface area contributed by atoms with Gasteiger partial charge in [-0.25, -0.2) is 8.78 Å². The number of phenolic OH excluding ortho intramolecular Hbond substituents is 1. The van der Waals surface area contributed by atoms with E-state index in [0.29, 0.717) is 0 Å². The third kappa shape index (κ3) is 2.85. The van der Waals surface area contributed by atoms with Gasteiger partial charge in [0.15, 0.2) is 23.1 Å². The van der Waals surface area contributed by atoms with Gasteiger partial charge in [-0.2, -0.15) is 0 Å². The monoisotopic (exact) mass is 279 g/mol. The first kappa shape index (κ1) is 13.8. The SMILES string of the molecule is COc1cc(C(=O)Nc2ccc(O)c(F)c2)ccc1F. The molecule has 2 rings (SSSR count). The van der Waals surface area contributed by atoms with Crippen molar-refractivity contribution in [2.75, 3.05) is 12.4 Å². The van der Waals surface area contributed by atoms with Crippen LogP contribution in [0.5, 0.6) is 11.5 Å². The molecule has 0 atom stereocenters. The summed E-state index contributed by atoms with van der Waals surface area (Å²) in [6, 6.07) is 7.07. The third-order valence-electron chi connectivity index (χ3n) is 2.62. The normalized spacial score (nSPS) is 10.2. The first-order chi connectivity index (χ1) is 9.51. The standard InChI is InChI=1S/C14H11F2NO3/c1-20-13-6-8(2-4-10(13)15)14(19)17-9-3-5-12(18)11(16)7-9/h2-7,18H,1H3,(H,17,19). The van der Waals surface area contributed by atoms with Gasteiger partial charge in [0.25, 0.3) is 5.91 Å². The number of anilines is 1. The highest BCUT2D eigenvalue weighted by atomic mass is 19.1. The van der Waals surface area contributed by atoms with Crippen molar-refractivity contribution in [3.05, 3.63) is 53.6 Å². The Kier molecular flexibility index (Phi) is 3.84. The van der Waals surface area contributed by atoms with Crippen molar-refractivity contribution in [3.8, 4) is 11.5 Å². The van der Waals surface area contributed by atoms with E-state index in [4.69, 9.17) is 9.84 Å². The van der Waals surface area contributed by atoms with E-state index < -0.39 is 23.3 Å². The minimum Gasteiger partial charge on any atom is -0.505 e. The van der Waals surface area contributed by atoms with Crippen LogP contribution in [0, 0.1) is 11.6 Å². The summed E-state index contributed by atoms with van der Waals surface area (Å²) in [6.07, 6.45) is 0. The Morgan fingerprint density at radius 3 is 2.55 bits per heavy atom. The Hall–Kier alpha value is -2.63. The van der Waals surface area contributed by atoms with Gasteiger partial charge in [0, 0.05) is 17.3 Å². The van der Waals surface area contributed by atoms with E-state index in [1.807, 2.05) is 0 Å². The second-order valence-electron chi connectivity index (χ2n) is 3.97. The summed E-state index contributed by atoms with van der Waals surface area (Å²) in [7, 11) is 1.29. The third-order valence-corrected chi connectivity index (χ3v) is 2.62. The topological polar surface area (TPSA) is 58.6 Å². The van der Waals surface area contributed by atoms with Gasteiger partial charge in [-0.05, 0) is 30.3 Å². The lowest BCUT2D eigenvalue weighted by atomic mass is 10.2. The number of nitrogens with one attached hydrogen (secondary N) is 1. The van der Waals surface area contributed by atoms with Crippen LogP contribution in [0.4, 0.5) is 14.5 Å². The molecular weight excluding hydrogens is 268 g/mol. The fourth-order valence-corrected chi connectivity index (χ4v) is 1.59. The van der Waals surface area contributed by atoms with E-state index in [2.05, 4.69) is 5.32 Å². The fourth-order valence-electron chi connectivity index (χ4n) is 1.59. The van der Waals surface area contributed by atoms with Crippen LogP contribution in [0.1, 0.15) is 10.4 Å². The molecule has 0 aliphatic heterocycles. The molecule has 0 bridgehead atoms. The Morgan fingerprint density at radius 2 is 1.90 bits per heavy atom. The Morgan fingerprint density at radius 1 is 1.15 bits per heavy atom. The van der Waals surface area contributed by atoms with Gasteiger partial charge in [0.05, 0.1) is 7.11 Å². The van der Waals surface area contributed by atoms with Crippen LogP contribution in [-0.2, 0) is 0 Å². The van der Waals surface area contributed by atoms with Crippen LogP contribution in [0.3, 0.4) is 0 Å². The van der Waals surface area contributed by atoms with Crippen LogP contribution in [0.2, 0.25) is 0 Å². The molecule has 1 amide bonds. The summed E-state index contributed by atoms with van der Waals surface area (Å²) in [5, 5.41) is 11.5. The maximum absolute atomic E-state index is 13.2. The molecule has 0 spiro atoms. The Balaban J connectivity index is 2.21. The lowest BCUT2D eigenvalue weighted by Gasteiger charge is -2.08. The largest absolute Gasteiger partial charge is 0.505 e. The van der Waals surface area contributed by atoms with E-state index in [1.54, 1.807) is 0 Å². The van der Waals surface area contributed by atoms with Gasteiger partial charge in [-0.1, -0.05) is 0 Å². The molecule has 0 fully saturated rings. The molecule has 0 radical (unpaired) electrons. The summed E-state index contributed by atoms with van der Waals surface area (Å²) in [6.45, 7) is 0. The first-order valence-electron chi connectivity index (χ1n) is 5.64. The smallest absolute Gasteiger partial charge is 0.255 e. The molecule has 2 aromatic rings. The highest BCUT2D eigenvalue weighted by Crippen LogP contribution is 2.22. The van der Waals surface area contributed by atoms with Gasteiger partial charge in [-0.3, -0.25) is 4.79 Å². The van der Waals surface area contributed by atoms with Crippen LogP contribution in [0.25, 0.3) is 0 Å². The number of halogens is 2. The molecule has 0 heterocycles. The number of carbonyl (C=O) groups excluding carboxylic acids is 1. The molecule has 0 aromatic heterocycles. The zero-order valence-electron chi connectivity index (χ0n) is 10.5. The maximum atomic E-state index is 13.2. The lowest BCUT2D eigenvalue weighted by Crippen LogP contribution is -2.12.